The van der Waals surface area contributed by atoms with Gasteiger partial charge in [0.05, 0.1) is 15.8 Å². The van der Waals surface area contributed by atoms with Gasteiger partial charge in [-0.15, -0.1) is 11.8 Å². The van der Waals surface area contributed by atoms with Gasteiger partial charge in [-0.3, -0.25) is 9.52 Å². The lowest BCUT2D eigenvalue weighted by Crippen LogP contribution is -2.24. The van der Waals surface area contributed by atoms with E-state index < -0.39 is 10.0 Å². The first-order valence-corrected chi connectivity index (χ1v) is 12.9. The van der Waals surface area contributed by atoms with Gasteiger partial charge in [0.25, 0.3) is 10.0 Å². The molecule has 0 spiro atoms. The zero-order chi connectivity index (χ0) is 23.3. The van der Waals surface area contributed by atoms with Crippen molar-refractivity contribution < 1.29 is 13.2 Å². The number of sulfonamides is 1. The Morgan fingerprint density at radius 1 is 1.00 bits per heavy atom. The Balaban J connectivity index is 1.68. The van der Waals surface area contributed by atoms with Crippen LogP contribution < -0.4 is 10.0 Å². The normalized spacial score (nSPS) is 12.2. The highest BCUT2D eigenvalue weighted by Gasteiger charge is 2.19. The molecule has 3 aromatic carbocycles. The molecule has 0 aliphatic heterocycles. The van der Waals surface area contributed by atoms with Crippen LogP contribution in [0.2, 0.25) is 10.0 Å². The molecule has 0 aromatic heterocycles. The first kappa shape index (κ1) is 24.5. The summed E-state index contributed by atoms with van der Waals surface area (Å²) in [6.07, 6.45) is 0.633. The van der Waals surface area contributed by atoms with Crippen LogP contribution in [0.15, 0.2) is 76.5 Å². The van der Waals surface area contributed by atoms with Gasteiger partial charge in [-0.25, -0.2) is 8.42 Å². The van der Waals surface area contributed by atoms with Crippen molar-refractivity contribution >= 4 is 62.3 Å². The SMILES string of the molecule is CC[C@H](Sc1ccc(Cl)cc1)C(=O)Nc1ccc(S(=O)(=O)Nc2cccc(Cl)c2C)cc1. The van der Waals surface area contributed by atoms with Crippen molar-refractivity contribution in [2.75, 3.05) is 10.0 Å². The topological polar surface area (TPSA) is 75.3 Å². The number of hydrogen-bond donors (Lipinski definition) is 2. The van der Waals surface area contributed by atoms with E-state index in [4.69, 9.17) is 23.2 Å². The first-order chi connectivity index (χ1) is 15.2. The number of hydrogen-bond acceptors (Lipinski definition) is 4. The third kappa shape index (κ3) is 6.19. The molecule has 3 rings (SSSR count). The molecule has 0 fully saturated rings. The van der Waals surface area contributed by atoms with Gasteiger partial charge in [0.1, 0.15) is 0 Å². The van der Waals surface area contributed by atoms with Crippen molar-refractivity contribution in [1.82, 2.24) is 0 Å². The summed E-state index contributed by atoms with van der Waals surface area (Å²) < 4.78 is 28.0. The summed E-state index contributed by atoms with van der Waals surface area (Å²) in [6.45, 7) is 3.68. The van der Waals surface area contributed by atoms with Gasteiger partial charge in [-0.1, -0.05) is 36.2 Å². The third-order valence-electron chi connectivity index (χ3n) is 4.70. The molecule has 0 aliphatic rings. The molecule has 1 atom stereocenters. The van der Waals surface area contributed by atoms with Crippen molar-refractivity contribution in [2.24, 2.45) is 0 Å². The Hall–Kier alpha value is -2.19. The van der Waals surface area contributed by atoms with Crippen LogP contribution in [0, 0.1) is 6.92 Å². The molecule has 9 heteroatoms. The maximum atomic E-state index is 12.7. The summed E-state index contributed by atoms with van der Waals surface area (Å²) in [7, 11) is -3.80. The average molecular weight is 509 g/mol. The second-order valence-electron chi connectivity index (χ2n) is 7.00. The predicted octanol–water partition coefficient (Wildman–Crippen LogP) is 6.61. The smallest absolute Gasteiger partial charge is 0.261 e. The van der Waals surface area contributed by atoms with E-state index >= 15 is 0 Å². The van der Waals surface area contributed by atoms with Crippen molar-refractivity contribution in [2.45, 2.75) is 35.3 Å². The van der Waals surface area contributed by atoms with Crippen LogP contribution in [0.3, 0.4) is 0 Å². The molecule has 0 radical (unpaired) electrons. The zero-order valence-corrected chi connectivity index (χ0v) is 20.6. The van der Waals surface area contributed by atoms with E-state index in [-0.39, 0.29) is 16.1 Å². The minimum Gasteiger partial charge on any atom is -0.325 e. The van der Waals surface area contributed by atoms with E-state index in [1.54, 1.807) is 49.4 Å². The van der Waals surface area contributed by atoms with Gasteiger partial charge in [0, 0.05) is 20.6 Å². The summed E-state index contributed by atoms with van der Waals surface area (Å²) in [5.74, 6) is -0.157. The van der Waals surface area contributed by atoms with Crippen molar-refractivity contribution in [3.63, 3.8) is 0 Å². The number of nitrogens with one attached hydrogen (secondary N) is 2. The first-order valence-electron chi connectivity index (χ1n) is 9.80. The minimum absolute atomic E-state index is 0.0810. The fourth-order valence-corrected chi connectivity index (χ4v) is 5.24. The Labute approximate surface area is 202 Å². The van der Waals surface area contributed by atoms with Gasteiger partial charge in [0.2, 0.25) is 5.91 Å². The zero-order valence-electron chi connectivity index (χ0n) is 17.4. The quantitative estimate of drug-likeness (QED) is 0.335. The number of benzene rings is 3. The van der Waals surface area contributed by atoms with Gasteiger partial charge in [-0.2, -0.15) is 0 Å². The number of carbonyl (C=O) groups excluding carboxylic acids is 1. The molecule has 0 saturated carbocycles. The highest BCUT2D eigenvalue weighted by molar-refractivity contribution is 8.00. The van der Waals surface area contributed by atoms with E-state index in [1.807, 2.05) is 19.1 Å². The van der Waals surface area contributed by atoms with Gasteiger partial charge < -0.3 is 5.32 Å². The van der Waals surface area contributed by atoms with E-state index in [2.05, 4.69) is 10.0 Å². The number of halogens is 2. The van der Waals surface area contributed by atoms with Crippen molar-refractivity contribution in [3.05, 3.63) is 82.3 Å². The molecule has 3 aromatic rings. The highest BCUT2D eigenvalue weighted by Crippen LogP contribution is 2.28. The number of amides is 1. The van der Waals surface area contributed by atoms with Gasteiger partial charge >= 0.3 is 0 Å². The summed E-state index contributed by atoms with van der Waals surface area (Å²) in [6, 6.07) is 18.4. The molecule has 0 bridgehead atoms. The third-order valence-corrected chi connectivity index (χ3v) is 8.12. The van der Waals surface area contributed by atoms with E-state index in [9.17, 15) is 13.2 Å². The maximum Gasteiger partial charge on any atom is 0.261 e. The monoisotopic (exact) mass is 508 g/mol. The molecular formula is C23H22Cl2N2O3S2. The average Bonchev–Trinajstić information content (AvgIpc) is 2.76. The molecule has 168 valence electrons. The molecule has 32 heavy (non-hydrogen) atoms. The molecule has 5 nitrogen and oxygen atoms in total. The second kappa shape index (κ2) is 10.6. The van der Waals surface area contributed by atoms with Crippen LogP contribution in [0.5, 0.6) is 0 Å². The molecule has 0 saturated heterocycles. The lowest BCUT2D eigenvalue weighted by molar-refractivity contribution is -0.115. The molecule has 0 aliphatic carbocycles. The van der Waals surface area contributed by atoms with Gasteiger partial charge in [0.15, 0.2) is 0 Å². The summed E-state index contributed by atoms with van der Waals surface area (Å²) in [5.41, 5.74) is 1.58. The number of rotatable bonds is 8. The largest absolute Gasteiger partial charge is 0.325 e. The Kier molecular flexibility index (Phi) is 8.11. The van der Waals surface area contributed by atoms with Crippen LogP contribution >= 0.6 is 35.0 Å². The Bertz CT molecular complexity index is 1200. The van der Waals surface area contributed by atoms with Crippen LogP contribution in [-0.4, -0.2) is 19.6 Å². The fourth-order valence-electron chi connectivity index (χ4n) is 2.86. The standard InChI is InChI=1S/C23H22Cl2N2O3S2/c1-3-22(31-18-11-7-16(24)8-12-18)23(28)26-17-9-13-19(14-10-17)32(29,30)27-21-6-4-5-20(25)15(21)2/h4-14,22,27H,3H2,1-2H3,(H,26,28)/t22-/m0/s1. The molecule has 2 N–H and O–H groups in total. The number of thioether (sulfide) groups is 1. The lowest BCUT2D eigenvalue weighted by atomic mass is 10.2. The van der Waals surface area contributed by atoms with Crippen LogP contribution in [-0.2, 0) is 14.8 Å². The van der Waals surface area contributed by atoms with Crippen LogP contribution in [0.25, 0.3) is 0 Å². The van der Waals surface area contributed by atoms with E-state index in [1.165, 1.54) is 23.9 Å². The van der Waals surface area contributed by atoms with Crippen LogP contribution in [0.4, 0.5) is 11.4 Å². The van der Waals surface area contributed by atoms with Crippen molar-refractivity contribution in [3.8, 4) is 0 Å². The van der Waals surface area contributed by atoms with Gasteiger partial charge in [-0.05, 0) is 79.6 Å². The maximum absolute atomic E-state index is 12.7. The van der Waals surface area contributed by atoms with Crippen LogP contribution in [0.1, 0.15) is 18.9 Å². The predicted molar refractivity (Wildman–Crippen MR) is 133 cm³/mol. The van der Waals surface area contributed by atoms with Crippen molar-refractivity contribution in [1.29, 1.82) is 0 Å². The molecular weight excluding hydrogens is 487 g/mol. The number of carbonyl (C=O) groups is 1. The Morgan fingerprint density at radius 2 is 1.66 bits per heavy atom. The summed E-state index contributed by atoms with van der Waals surface area (Å²) in [5, 5.41) is 3.67. The highest BCUT2D eigenvalue weighted by atomic mass is 35.5. The Morgan fingerprint density at radius 3 is 2.28 bits per heavy atom. The summed E-state index contributed by atoms with van der Waals surface area (Å²) in [4.78, 5) is 13.7. The number of anilines is 2. The minimum atomic E-state index is -3.80. The molecule has 1 amide bonds. The van der Waals surface area contributed by atoms with E-state index in [0.29, 0.717) is 33.4 Å². The van der Waals surface area contributed by atoms with E-state index in [0.717, 1.165) is 4.90 Å². The lowest BCUT2D eigenvalue weighted by Gasteiger charge is -2.15. The fraction of sp³-hybridized carbons (Fsp3) is 0.174. The molecule has 0 unspecified atom stereocenters. The summed E-state index contributed by atoms with van der Waals surface area (Å²) >= 11 is 13.4. The second-order valence-corrected chi connectivity index (χ2v) is 10.8. The molecule has 0 heterocycles.